The second-order valence-corrected chi connectivity index (χ2v) is 9.10. The predicted molar refractivity (Wildman–Crippen MR) is 124 cm³/mol. The van der Waals surface area contributed by atoms with E-state index < -0.39 is 16.5 Å². The molecule has 1 aromatic rings. The van der Waals surface area contributed by atoms with E-state index in [4.69, 9.17) is 9.47 Å². The highest BCUT2D eigenvalue weighted by Crippen LogP contribution is 2.30. The van der Waals surface area contributed by atoms with Crippen LogP contribution in [-0.4, -0.2) is 40.6 Å². The molecule has 3 rings (SSSR count). The molecule has 1 saturated heterocycles. The lowest BCUT2D eigenvalue weighted by atomic mass is 9.87. The Labute approximate surface area is 193 Å². The van der Waals surface area contributed by atoms with Crippen molar-refractivity contribution >= 4 is 28.9 Å². The van der Waals surface area contributed by atoms with Crippen molar-refractivity contribution in [3.63, 3.8) is 0 Å². The van der Waals surface area contributed by atoms with Crippen molar-refractivity contribution in [2.24, 2.45) is 5.41 Å². The van der Waals surface area contributed by atoms with Crippen molar-refractivity contribution in [3.8, 4) is 17.6 Å². The molecule has 0 bridgehead atoms. The van der Waals surface area contributed by atoms with Crippen LogP contribution in [0.2, 0.25) is 0 Å². The molecule has 2 amide bonds. The molecule has 2 aliphatic rings. The number of ether oxygens (including phenoxy) is 2. The third-order valence-electron chi connectivity index (χ3n) is 5.33. The number of hydrogen-bond acceptors (Lipinski definition) is 6. The quantitative estimate of drug-likeness (QED) is 0.405. The summed E-state index contributed by atoms with van der Waals surface area (Å²) in [6, 6.07) is 7.52. The minimum atomic E-state index is -0.534. The van der Waals surface area contributed by atoms with Crippen LogP contribution in [0, 0.1) is 17.3 Å². The van der Waals surface area contributed by atoms with Crippen molar-refractivity contribution in [2.75, 3.05) is 13.3 Å². The van der Waals surface area contributed by atoms with Crippen LogP contribution in [0.25, 0.3) is 0 Å². The molecular weight excluding hydrogens is 426 g/mol. The average Bonchev–Trinajstić information content (AvgIpc) is 2.90. The second kappa shape index (κ2) is 10.6. The first kappa shape index (κ1) is 23.7. The number of hydrogen-bond donors (Lipinski definition) is 0. The Hall–Kier alpha value is -2.98. The highest BCUT2D eigenvalue weighted by Gasteiger charge is 2.40. The van der Waals surface area contributed by atoms with Gasteiger partial charge in [0.15, 0.2) is 6.73 Å². The molecule has 1 heterocycles. The number of rotatable bonds is 9. The van der Waals surface area contributed by atoms with E-state index in [1.165, 1.54) is 12.5 Å². The standard InChI is InChI=1S/C25H27NO5S/c1-4-19-6-5-12-25(3,13-11-19)14-15-30-21-9-7-20(8-10-21)16-22-23(28)26(24(29)32-22)17-31-18(2)27/h6-11,13,22H,4,14-17H2,1-3H3. The topological polar surface area (TPSA) is 72.9 Å². The fourth-order valence-corrected chi connectivity index (χ4v) is 4.27. The number of benzene rings is 1. The molecule has 0 N–H and O–H groups in total. The summed E-state index contributed by atoms with van der Waals surface area (Å²) in [5.74, 6) is 6.31. The average molecular weight is 454 g/mol. The molecule has 1 aliphatic carbocycles. The number of carbonyl (C=O) groups excluding carboxylic acids is 3. The van der Waals surface area contributed by atoms with Crippen LogP contribution in [-0.2, 0) is 20.7 Å². The first-order chi connectivity index (χ1) is 15.3. The van der Waals surface area contributed by atoms with Crippen LogP contribution in [0.15, 0.2) is 48.1 Å². The van der Waals surface area contributed by atoms with E-state index in [1.807, 2.05) is 30.3 Å². The normalized spacial score (nSPS) is 22.2. The molecule has 1 aliphatic heterocycles. The van der Waals surface area contributed by atoms with E-state index in [2.05, 4.69) is 37.8 Å². The van der Waals surface area contributed by atoms with Gasteiger partial charge in [-0.25, -0.2) is 4.90 Å². The zero-order valence-corrected chi connectivity index (χ0v) is 19.4. The molecule has 0 spiro atoms. The Morgan fingerprint density at radius 1 is 1.25 bits per heavy atom. The highest BCUT2D eigenvalue weighted by molar-refractivity contribution is 8.15. The van der Waals surface area contributed by atoms with Gasteiger partial charge in [-0.05, 0) is 49.1 Å². The summed E-state index contributed by atoms with van der Waals surface area (Å²) < 4.78 is 10.7. The molecule has 168 valence electrons. The summed E-state index contributed by atoms with van der Waals surface area (Å²) in [6.07, 6.45) is 8.40. The minimum Gasteiger partial charge on any atom is -0.494 e. The smallest absolute Gasteiger partial charge is 0.304 e. The molecule has 2 atom stereocenters. The molecule has 6 nitrogen and oxygen atoms in total. The van der Waals surface area contributed by atoms with Gasteiger partial charge in [0.05, 0.1) is 17.3 Å². The van der Waals surface area contributed by atoms with Crippen LogP contribution in [0.1, 0.15) is 39.2 Å². The first-order valence-electron chi connectivity index (χ1n) is 10.6. The van der Waals surface area contributed by atoms with Gasteiger partial charge in [0.25, 0.3) is 5.24 Å². The van der Waals surface area contributed by atoms with E-state index in [0.717, 1.165) is 40.8 Å². The van der Waals surface area contributed by atoms with Crippen LogP contribution < -0.4 is 4.74 Å². The van der Waals surface area contributed by atoms with Gasteiger partial charge in [0.2, 0.25) is 5.91 Å². The lowest BCUT2D eigenvalue weighted by Gasteiger charge is -2.19. The van der Waals surface area contributed by atoms with Crippen molar-refractivity contribution in [1.82, 2.24) is 4.90 Å². The third kappa shape index (κ3) is 6.27. The first-order valence-corrected chi connectivity index (χ1v) is 11.5. The van der Waals surface area contributed by atoms with Crippen LogP contribution in [0.3, 0.4) is 0 Å². The lowest BCUT2D eigenvalue weighted by molar-refractivity contribution is -0.147. The Bertz CT molecular complexity index is 1000. The summed E-state index contributed by atoms with van der Waals surface area (Å²) in [6.45, 7) is 5.66. The van der Waals surface area contributed by atoms with Gasteiger partial charge in [0, 0.05) is 13.3 Å². The van der Waals surface area contributed by atoms with Crippen LogP contribution in [0.5, 0.6) is 5.75 Å². The zero-order valence-electron chi connectivity index (χ0n) is 18.6. The summed E-state index contributed by atoms with van der Waals surface area (Å²) in [7, 11) is 0. The van der Waals surface area contributed by atoms with E-state index in [9.17, 15) is 14.4 Å². The Kier molecular flexibility index (Phi) is 7.81. The SMILES string of the molecule is CCC1=CC#CC(C)(CCOc2ccc(CC3SC(=O)N(COC(C)=O)C3=O)cc2)C=C1. The number of allylic oxidation sites excluding steroid dienone is 4. The fraction of sp³-hybridized carbons (Fsp3) is 0.400. The van der Waals surface area contributed by atoms with Gasteiger partial charge in [-0.15, -0.1) is 0 Å². The number of amides is 2. The molecule has 0 saturated carbocycles. The molecule has 0 aromatic heterocycles. The number of imide groups is 1. The highest BCUT2D eigenvalue weighted by atomic mass is 32.2. The van der Waals surface area contributed by atoms with Crippen LogP contribution >= 0.6 is 11.8 Å². The Morgan fingerprint density at radius 3 is 2.69 bits per heavy atom. The van der Waals surface area contributed by atoms with E-state index in [1.54, 1.807) is 0 Å². The summed E-state index contributed by atoms with van der Waals surface area (Å²) in [5.41, 5.74) is 1.93. The fourth-order valence-electron chi connectivity index (χ4n) is 3.26. The predicted octanol–water partition coefficient (Wildman–Crippen LogP) is 4.50. The third-order valence-corrected chi connectivity index (χ3v) is 6.40. The maximum atomic E-state index is 12.4. The van der Waals surface area contributed by atoms with Gasteiger partial charge in [0.1, 0.15) is 5.75 Å². The monoisotopic (exact) mass is 453 g/mol. The molecule has 32 heavy (non-hydrogen) atoms. The number of thioether (sulfide) groups is 1. The van der Waals surface area contributed by atoms with Gasteiger partial charge >= 0.3 is 5.97 Å². The van der Waals surface area contributed by atoms with Gasteiger partial charge < -0.3 is 9.47 Å². The summed E-state index contributed by atoms with van der Waals surface area (Å²) in [5, 5.41) is -0.918. The maximum absolute atomic E-state index is 12.4. The van der Waals surface area contributed by atoms with Gasteiger partial charge in [-0.1, -0.05) is 54.8 Å². The molecule has 7 heteroatoms. The zero-order chi connectivity index (χ0) is 23.1. The van der Waals surface area contributed by atoms with Crippen molar-refractivity contribution in [2.45, 2.75) is 45.3 Å². The van der Waals surface area contributed by atoms with E-state index in [0.29, 0.717) is 13.0 Å². The number of carbonyl (C=O) groups is 3. The summed E-state index contributed by atoms with van der Waals surface area (Å²) in [4.78, 5) is 36.4. The summed E-state index contributed by atoms with van der Waals surface area (Å²) >= 11 is 0.956. The van der Waals surface area contributed by atoms with Crippen molar-refractivity contribution in [3.05, 3.63) is 53.6 Å². The lowest BCUT2D eigenvalue weighted by Crippen LogP contribution is -2.34. The number of nitrogens with zero attached hydrogens (tertiary/aromatic N) is 1. The number of esters is 1. The Balaban J connectivity index is 1.49. The van der Waals surface area contributed by atoms with Gasteiger partial charge in [-0.3, -0.25) is 14.4 Å². The van der Waals surface area contributed by atoms with Crippen molar-refractivity contribution < 1.29 is 23.9 Å². The van der Waals surface area contributed by atoms with E-state index in [-0.39, 0.29) is 18.1 Å². The van der Waals surface area contributed by atoms with Gasteiger partial charge in [-0.2, -0.15) is 0 Å². The molecule has 0 radical (unpaired) electrons. The largest absolute Gasteiger partial charge is 0.494 e. The molecule has 1 aromatic carbocycles. The minimum absolute atomic E-state index is 0.224. The van der Waals surface area contributed by atoms with Crippen LogP contribution in [0.4, 0.5) is 4.79 Å². The molecule has 2 unspecified atom stereocenters. The molecule has 1 fully saturated rings. The second-order valence-electron chi connectivity index (χ2n) is 7.94. The molecular formula is C25H27NO5S. The maximum Gasteiger partial charge on any atom is 0.304 e. The van der Waals surface area contributed by atoms with E-state index >= 15 is 0 Å². The Morgan fingerprint density at radius 2 is 2.00 bits per heavy atom. The van der Waals surface area contributed by atoms with Crippen molar-refractivity contribution in [1.29, 1.82) is 0 Å².